The van der Waals surface area contributed by atoms with E-state index in [9.17, 15) is 0 Å². The number of benzene rings is 1. The predicted molar refractivity (Wildman–Crippen MR) is 59.5 cm³/mol. The van der Waals surface area contributed by atoms with Crippen molar-refractivity contribution >= 4 is 0 Å². The Balaban J connectivity index is 0.000000252. The second-order valence-electron chi connectivity index (χ2n) is 3.49. The third kappa shape index (κ3) is 7.54. The lowest BCUT2D eigenvalue weighted by molar-refractivity contribution is 0.626. The van der Waals surface area contributed by atoms with Crippen molar-refractivity contribution in [3.8, 4) is 0 Å². The van der Waals surface area contributed by atoms with Crippen LogP contribution in [0.3, 0.4) is 0 Å². The summed E-state index contributed by atoms with van der Waals surface area (Å²) < 4.78 is 0. The van der Waals surface area contributed by atoms with Gasteiger partial charge in [-0.05, 0) is 11.5 Å². The van der Waals surface area contributed by atoms with Gasteiger partial charge >= 0.3 is 0 Å². The smallest absolute Gasteiger partial charge is 0.0178 e. The molecule has 0 saturated heterocycles. The van der Waals surface area contributed by atoms with Crippen LogP contribution in [0.4, 0.5) is 0 Å². The molecule has 1 nitrogen and oxygen atoms in total. The summed E-state index contributed by atoms with van der Waals surface area (Å²) in [4.78, 5) is 0. The Hall–Kier alpha value is -0.820. The highest BCUT2D eigenvalue weighted by molar-refractivity contribution is 5.13. The highest BCUT2D eigenvalue weighted by Gasteiger charge is 1.80. The molecule has 13 heavy (non-hydrogen) atoms. The molecule has 1 heteroatoms. The van der Waals surface area contributed by atoms with Crippen LogP contribution in [-0.4, -0.2) is 0 Å². The fourth-order valence-corrected chi connectivity index (χ4v) is 0.614. The van der Waals surface area contributed by atoms with E-state index in [2.05, 4.69) is 20.8 Å². The molecular formula is C12H21N. The lowest BCUT2D eigenvalue weighted by Gasteiger charge is -1.90. The van der Waals surface area contributed by atoms with Gasteiger partial charge in [0, 0.05) is 6.54 Å². The van der Waals surface area contributed by atoms with E-state index in [-0.39, 0.29) is 0 Å². The molecular weight excluding hydrogens is 158 g/mol. The van der Waals surface area contributed by atoms with E-state index in [4.69, 9.17) is 5.73 Å². The van der Waals surface area contributed by atoms with Crippen LogP contribution in [0.1, 0.15) is 32.8 Å². The van der Waals surface area contributed by atoms with E-state index in [0.717, 1.165) is 5.92 Å². The first-order valence-corrected chi connectivity index (χ1v) is 4.94. The fraction of sp³-hybridized carbons (Fsp3) is 0.500. The van der Waals surface area contributed by atoms with Gasteiger partial charge in [0.15, 0.2) is 0 Å². The Kier molecular flexibility index (Phi) is 7.32. The fourth-order valence-electron chi connectivity index (χ4n) is 0.614. The number of hydrogen-bond donors (Lipinski definition) is 1. The quantitative estimate of drug-likeness (QED) is 0.741. The molecule has 1 aromatic carbocycles. The van der Waals surface area contributed by atoms with Crippen molar-refractivity contribution in [3.05, 3.63) is 35.9 Å². The average Bonchev–Trinajstić information content (AvgIpc) is 2.20. The van der Waals surface area contributed by atoms with Crippen molar-refractivity contribution in [3.63, 3.8) is 0 Å². The molecule has 0 amide bonds. The highest BCUT2D eigenvalue weighted by Crippen LogP contribution is 1.94. The second kappa shape index (κ2) is 7.81. The molecule has 74 valence electrons. The minimum atomic E-state index is 0.640. The Morgan fingerprint density at radius 1 is 1.15 bits per heavy atom. The van der Waals surface area contributed by atoms with Crippen LogP contribution >= 0.6 is 0 Å². The van der Waals surface area contributed by atoms with Crippen LogP contribution in [0.15, 0.2) is 30.3 Å². The van der Waals surface area contributed by atoms with Crippen molar-refractivity contribution < 1.29 is 0 Å². The summed E-state index contributed by atoms with van der Waals surface area (Å²) in [6.45, 7) is 7.28. The molecule has 0 aromatic heterocycles. The third-order valence-electron chi connectivity index (χ3n) is 1.90. The van der Waals surface area contributed by atoms with Crippen LogP contribution < -0.4 is 5.73 Å². The largest absolute Gasteiger partial charge is 0.326 e. The number of rotatable bonds is 2. The Morgan fingerprint density at radius 2 is 1.62 bits per heavy atom. The molecule has 0 aliphatic carbocycles. The van der Waals surface area contributed by atoms with E-state index >= 15 is 0 Å². The molecule has 1 aromatic rings. The molecule has 0 atom stereocenters. The lowest BCUT2D eigenvalue weighted by atomic mass is 10.2. The SMILES string of the molecule is CCC(C)C.NCc1ccccc1. The monoisotopic (exact) mass is 179 g/mol. The maximum atomic E-state index is 5.35. The summed E-state index contributed by atoms with van der Waals surface area (Å²) in [5.74, 6) is 0.884. The highest BCUT2D eigenvalue weighted by atomic mass is 14.5. The summed E-state index contributed by atoms with van der Waals surface area (Å²) in [7, 11) is 0. The van der Waals surface area contributed by atoms with Crippen LogP contribution in [0.5, 0.6) is 0 Å². The first-order chi connectivity index (χ1) is 6.20. The molecule has 0 saturated carbocycles. The predicted octanol–water partition coefficient (Wildman–Crippen LogP) is 3.20. The summed E-state index contributed by atoms with van der Waals surface area (Å²) in [5.41, 5.74) is 6.54. The standard InChI is InChI=1S/C7H9N.C5H12/c8-6-7-4-2-1-3-5-7;1-4-5(2)3/h1-5H,6,8H2;5H,4H2,1-3H3. The normalized spacial score (nSPS) is 9.31. The molecule has 2 N–H and O–H groups in total. The maximum absolute atomic E-state index is 5.35. The summed E-state index contributed by atoms with van der Waals surface area (Å²) in [6, 6.07) is 9.99. The van der Waals surface area contributed by atoms with Crippen molar-refractivity contribution in [2.45, 2.75) is 33.7 Å². The molecule has 0 radical (unpaired) electrons. The van der Waals surface area contributed by atoms with Gasteiger partial charge in [0.2, 0.25) is 0 Å². The van der Waals surface area contributed by atoms with Crippen LogP contribution in [-0.2, 0) is 6.54 Å². The third-order valence-corrected chi connectivity index (χ3v) is 1.90. The van der Waals surface area contributed by atoms with Gasteiger partial charge in [0.1, 0.15) is 0 Å². The molecule has 0 heterocycles. The number of nitrogens with two attached hydrogens (primary N) is 1. The molecule has 0 aliphatic rings. The lowest BCUT2D eigenvalue weighted by Crippen LogP contribution is -1.94. The zero-order valence-electron chi connectivity index (χ0n) is 8.96. The first kappa shape index (κ1) is 12.2. The summed E-state index contributed by atoms with van der Waals surface area (Å²) in [6.07, 6.45) is 1.31. The van der Waals surface area contributed by atoms with Crippen molar-refractivity contribution in [1.29, 1.82) is 0 Å². The van der Waals surface area contributed by atoms with Crippen LogP contribution in [0, 0.1) is 5.92 Å². The van der Waals surface area contributed by atoms with Gasteiger partial charge in [-0.3, -0.25) is 0 Å². The molecule has 0 bridgehead atoms. The minimum absolute atomic E-state index is 0.640. The van der Waals surface area contributed by atoms with Crippen LogP contribution in [0.25, 0.3) is 0 Å². The van der Waals surface area contributed by atoms with Crippen LogP contribution in [0.2, 0.25) is 0 Å². The molecule has 0 unspecified atom stereocenters. The van der Waals surface area contributed by atoms with E-state index in [1.165, 1.54) is 12.0 Å². The molecule has 0 spiro atoms. The van der Waals surface area contributed by atoms with E-state index in [0.29, 0.717) is 6.54 Å². The zero-order chi connectivity index (χ0) is 10.1. The van der Waals surface area contributed by atoms with E-state index in [1.54, 1.807) is 0 Å². The topological polar surface area (TPSA) is 26.0 Å². The Bertz CT molecular complexity index is 192. The minimum Gasteiger partial charge on any atom is -0.326 e. The van der Waals surface area contributed by atoms with Crippen molar-refractivity contribution in [2.24, 2.45) is 11.7 Å². The molecule has 1 rings (SSSR count). The second-order valence-corrected chi connectivity index (χ2v) is 3.49. The van der Waals surface area contributed by atoms with Gasteiger partial charge in [0.05, 0.1) is 0 Å². The average molecular weight is 179 g/mol. The van der Waals surface area contributed by atoms with Crippen molar-refractivity contribution in [1.82, 2.24) is 0 Å². The summed E-state index contributed by atoms with van der Waals surface area (Å²) >= 11 is 0. The zero-order valence-corrected chi connectivity index (χ0v) is 8.96. The first-order valence-electron chi connectivity index (χ1n) is 4.94. The molecule has 0 fully saturated rings. The van der Waals surface area contributed by atoms with Gasteiger partial charge in [-0.25, -0.2) is 0 Å². The molecule has 0 aliphatic heterocycles. The Labute approximate surface area is 82.0 Å². The van der Waals surface area contributed by atoms with Gasteiger partial charge in [-0.15, -0.1) is 0 Å². The van der Waals surface area contributed by atoms with E-state index in [1.807, 2.05) is 30.3 Å². The van der Waals surface area contributed by atoms with Gasteiger partial charge in [0.25, 0.3) is 0 Å². The summed E-state index contributed by atoms with van der Waals surface area (Å²) in [5, 5.41) is 0. The van der Waals surface area contributed by atoms with Gasteiger partial charge in [-0.2, -0.15) is 0 Å². The Morgan fingerprint density at radius 3 is 1.85 bits per heavy atom. The van der Waals surface area contributed by atoms with E-state index < -0.39 is 0 Å². The maximum Gasteiger partial charge on any atom is 0.0178 e. The number of hydrogen-bond acceptors (Lipinski definition) is 1. The van der Waals surface area contributed by atoms with Gasteiger partial charge in [-0.1, -0.05) is 57.5 Å². The van der Waals surface area contributed by atoms with Gasteiger partial charge < -0.3 is 5.73 Å². The van der Waals surface area contributed by atoms with Crippen molar-refractivity contribution in [2.75, 3.05) is 0 Å².